The van der Waals surface area contributed by atoms with Crippen molar-refractivity contribution in [2.75, 3.05) is 18.0 Å². The minimum atomic E-state index is -0.897. The predicted molar refractivity (Wildman–Crippen MR) is 102 cm³/mol. The fourth-order valence-corrected chi connectivity index (χ4v) is 3.04. The first-order valence-corrected chi connectivity index (χ1v) is 8.89. The number of aromatic nitrogens is 1. The van der Waals surface area contributed by atoms with Crippen molar-refractivity contribution in [1.29, 1.82) is 5.41 Å². The number of nitrogens with one attached hydrogen (secondary N) is 2. The van der Waals surface area contributed by atoms with Crippen molar-refractivity contribution in [3.05, 3.63) is 54.1 Å². The summed E-state index contributed by atoms with van der Waals surface area (Å²) in [6.07, 6.45) is 4.08. The normalized spacial score (nSPS) is 14.4. The van der Waals surface area contributed by atoms with Crippen molar-refractivity contribution in [1.82, 2.24) is 10.3 Å². The number of benzene rings is 1. The number of carbonyl (C=O) groups is 1. The van der Waals surface area contributed by atoms with E-state index in [1.54, 1.807) is 30.6 Å². The maximum Gasteiger partial charge on any atom is 0.414 e. The number of hydrogen-bond donors (Lipinski definition) is 3. The molecule has 28 heavy (non-hydrogen) atoms. The lowest BCUT2D eigenvalue weighted by molar-refractivity contribution is 0.143. The van der Waals surface area contributed by atoms with E-state index < -0.39 is 17.9 Å². The Morgan fingerprint density at radius 3 is 2.68 bits per heavy atom. The van der Waals surface area contributed by atoms with Crippen molar-refractivity contribution in [3.8, 4) is 5.75 Å². The molecule has 4 N–H and O–H groups in total. The molecule has 0 spiro atoms. The molecule has 3 rings (SSSR count). The highest BCUT2D eigenvalue weighted by atomic mass is 19.1. The van der Waals surface area contributed by atoms with E-state index >= 15 is 0 Å². The summed E-state index contributed by atoms with van der Waals surface area (Å²) in [5, 5.41) is 8.96. The van der Waals surface area contributed by atoms with Gasteiger partial charge in [-0.1, -0.05) is 12.1 Å². The van der Waals surface area contributed by atoms with E-state index in [0.29, 0.717) is 18.8 Å². The number of hydrogen-bond acceptors (Lipinski definition) is 6. The summed E-state index contributed by atoms with van der Waals surface area (Å²) in [5.41, 5.74) is 5.77. The van der Waals surface area contributed by atoms with Gasteiger partial charge in [-0.3, -0.25) is 15.7 Å². The minimum Gasteiger partial charge on any atom is -0.490 e. The molecular formula is C19H22FN5O3. The monoisotopic (exact) mass is 387 g/mol. The molecule has 1 aromatic carbocycles. The van der Waals surface area contributed by atoms with Gasteiger partial charge in [0.25, 0.3) is 0 Å². The highest BCUT2D eigenvalue weighted by Crippen LogP contribution is 2.27. The second-order valence-corrected chi connectivity index (χ2v) is 6.35. The summed E-state index contributed by atoms with van der Waals surface area (Å²) >= 11 is 0. The number of rotatable bonds is 5. The van der Waals surface area contributed by atoms with Gasteiger partial charge in [0.05, 0.1) is 5.69 Å². The van der Waals surface area contributed by atoms with Crippen LogP contribution in [0, 0.1) is 11.2 Å². The van der Waals surface area contributed by atoms with Gasteiger partial charge in [0, 0.05) is 43.9 Å². The molecule has 0 aliphatic carbocycles. The van der Waals surface area contributed by atoms with Crippen molar-refractivity contribution >= 4 is 17.7 Å². The van der Waals surface area contributed by atoms with Crippen LogP contribution in [0.1, 0.15) is 18.4 Å². The zero-order valence-corrected chi connectivity index (χ0v) is 15.2. The quantitative estimate of drug-likeness (QED) is 0.536. The van der Waals surface area contributed by atoms with Gasteiger partial charge in [-0.25, -0.2) is 9.18 Å². The topological polar surface area (TPSA) is 114 Å². The Labute approximate surface area is 162 Å². The molecule has 0 bridgehead atoms. The number of piperidine rings is 1. The third-order valence-corrected chi connectivity index (χ3v) is 4.39. The number of anilines is 1. The second kappa shape index (κ2) is 9.03. The molecular weight excluding hydrogens is 365 g/mol. The average molecular weight is 387 g/mol. The minimum absolute atomic E-state index is 0.0727. The summed E-state index contributed by atoms with van der Waals surface area (Å²) in [4.78, 5) is 17.3. The van der Waals surface area contributed by atoms with E-state index in [9.17, 15) is 9.18 Å². The van der Waals surface area contributed by atoms with E-state index in [-0.39, 0.29) is 18.3 Å². The first-order valence-electron chi connectivity index (χ1n) is 8.89. The zero-order valence-electron chi connectivity index (χ0n) is 15.2. The Bertz CT molecular complexity index is 826. The van der Waals surface area contributed by atoms with Crippen LogP contribution in [0.2, 0.25) is 0 Å². The van der Waals surface area contributed by atoms with Crippen LogP contribution in [0.15, 0.2) is 42.7 Å². The number of nitrogens with zero attached hydrogens (tertiary/aromatic N) is 2. The van der Waals surface area contributed by atoms with Gasteiger partial charge < -0.3 is 20.1 Å². The molecule has 1 saturated heterocycles. The van der Waals surface area contributed by atoms with Gasteiger partial charge in [0.1, 0.15) is 18.5 Å². The molecule has 148 valence electrons. The second-order valence-electron chi connectivity index (χ2n) is 6.35. The molecule has 0 radical (unpaired) electrons. The Hall–Kier alpha value is -3.36. The van der Waals surface area contributed by atoms with E-state index in [4.69, 9.17) is 20.6 Å². The van der Waals surface area contributed by atoms with Gasteiger partial charge in [0.2, 0.25) is 0 Å². The molecule has 0 atom stereocenters. The number of ether oxygens (including phenoxy) is 2. The molecule has 2 aromatic rings. The van der Waals surface area contributed by atoms with Crippen molar-refractivity contribution in [3.63, 3.8) is 0 Å². The van der Waals surface area contributed by atoms with Crippen LogP contribution < -0.4 is 20.7 Å². The molecule has 0 saturated carbocycles. The number of nitrogens with two attached hydrogens (primary N) is 1. The molecule has 1 aliphatic heterocycles. The maximum atomic E-state index is 14.9. The van der Waals surface area contributed by atoms with Crippen LogP contribution in [0.3, 0.4) is 0 Å². The Kier molecular flexibility index (Phi) is 6.25. The first-order chi connectivity index (χ1) is 13.5. The van der Waals surface area contributed by atoms with Crippen molar-refractivity contribution < 1.29 is 18.7 Å². The van der Waals surface area contributed by atoms with E-state index in [0.717, 1.165) is 18.6 Å². The fraction of sp³-hybridized carbons (Fsp3) is 0.316. The molecule has 2 heterocycles. The summed E-state index contributed by atoms with van der Waals surface area (Å²) in [6, 6.07) is 8.62. The number of carbonyl (C=O) groups excluding carboxylic acids is 1. The lowest BCUT2D eigenvalue weighted by Crippen LogP contribution is -2.38. The summed E-state index contributed by atoms with van der Waals surface area (Å²) in [7, 11) is 0. The van der Waals surface area contributed by atoms with Crippen LogP contribution in [-0.2, 0) is 11.3 Å². The highest BCUT2D eigenvalue weighted by Gasteiger charge is 2.23. The number of pyridine rings is 1. The molecule has 1 fully saturated rings. The lowest BCUT2D eigenvalue weighted by Gasteiger charge is -2.34. The third-order valence-electron chi connectivity index (χ3n) is 4.39. The highest BCUT2D eigenvalue weighted by molar-refractivity contribution is 5.90. The van der Waals surface area contributed by atoms with Crippen molar-refractivity contribution in [2.45, 2.75) is 25.6 Å². The number of guanidine groups is 1. The van der Waals surface area contributed by atoms with Crippen molar-refractivity contribution in [2.24, 2.45) is 5.73 Å². The van der Waals surface area contributed by atoms with E-state index in [1.807, 2.05) is 22.3 Å². The Morgan fingerprint density at radius 2 is 2.00 bits per heavy atom. The molecule has 8 nitrogen and oxygen atoms in total. The predicted octanol–water partition coefficient (Wildman–Crippen LogP) is 2.39. The van der Waals surface area contributed by atoms with E-state index in [1.165, 1.54) is 0 Å². The molecule has 1 amide bonds. The SMILES string of the molecule is N=C(N)NC(=O)OCc1cccc(N2CCC(Oc3ccncc3)CC2)c1F. The Balaban J connectivity index is 1.57. The molecule has 1 aromatic heterocycles. The van der Waals surface area contributed by atoms with E-state index in [2.05, 4.69) is 4.98 Å². The maximum absolute atomic E-state index is 14.9. The fourth-order valence-electron chi connectivity index (χ4n) is 3.04. The largest absolute Gasteiger partial charge is 0.490 e. The van der Waals surface area contributed by atoms with Gasteiger partial charge in [-0.15, -0.1) is 0 Å². The number of halogens is 1. The summed E-state index contributed by atoms with van der Waals surface area (Å²) in [5.74, 6) is -0.176. The first kappa shape index (κ1) is 19.4. The van der Waals surface area contributed by atoms with Gasteiger partial charge in [0.15, 0.2) is 11.8 Å². The summed E-state index contributed by atoms with van der Waals surface area (Å²) in [6.45, 7) is 1.06. The molecule has 1 aliphatic rings. The van der Waals surface area contributed by atoms with Crippen LogP contribution in [0.5, 0.6) is 5.75 Å². The van der Waals surface area contributed by atoms with Crippen LogP contribution in [0.25, 0.3) is 0 Å². The number of amides is 1. The van der Waals surface area contributed by atoms with Gasteiger partial charge in [-0.2, -0.15) is 0 Å². The zero-order chi connectivity index (χ0) is 19.9. The van der Waals surface area contributed by atoms with Gasteiger partial charge in [-0.05, 0) is 18.2 Å². The smallest absolute Gasteiger partial charge is 0.414 e. The summed E-state index contributed by atoms with van der Waals surface area (Å²) < 4.78 is 25.7. The average Bonchev–Trinajstić information content (AvgIpc) is 2.68. The van der Waals surface area contributed by atoms with Crippen LogP contribution in [0.4, 0.5) is 14.9 Å². The third kappa shape index (κ3) is 5.09. The van der Waals surface area contributed by atoms with Gasteiger partial charge >= 0.3 is 6.09 Å². The molecule has 9 heteroatoms. The van der Waals surface area contributed by atoms with Crippen LogP contribution >= 0.6 is 0 Å². The molecule has 0 unspecified atom stereocenters. The lowest BCUT2D eigenvalue weighted by atomic mass is 10.1. The van der Waals surface area contributed by atoms with Crippen LogP contribution in [-0.4, -0.2) is 36.2 Å². The Morgan fingerprint density at radius 1 is 1.29 bits per heavy atom. The standard InChI is InChI=1S/C19H22FN5O3/c20-17-13(12-27-19(26)24-18(21)22)2-1-3-16(17)25-10-6-15(7-11-25)28-14-4-8-23-9-5-14/h1-5,8-9,15H,6-7,10-12H2,(H4,21,22,24,26). The number of alkyl carbamates (subject to hydrolysis) is 1.